The van der Waals surface area contributed by atoms with Crippen molar-refractivity contribution in [3.63, 3.8) is 0 Å². The summed E-state index contributed by atoms with van der Waals surface area (Å²) in [5.41, 5.74) is 1.13. The quantitative estimate of drug-likeness (QED) is 0.851. The minimum absolute atomic E-state index is 0.606. The van der Waals surface area contributed by atoms with Crippen LogP contribution in [0, 0.1) is 0 Å². The van der Waals surface area contributed by atoms with E-state index in [2.05, 4.69) is 37.2 Å². The monoisotopic (exact) mass is 295 g/mol. The van der Waals surface area contributed by atoms with Gasteiger partial charge in [0.05, 0.1) is 5.69 Å². The zero-order valence-electron chi connectivity index (χ0n) is 9.90. The zero-order chi connectivity index (χ0) is 11.7. The standard InChI is InChI=1S/C13H18BrN3/c14-13-12(4-1-6-15-13)16-10-5-8-17-7-2-3-11(17)9-10/h1,4,6,10-11,16H,2-3,5,7-9H2. The van der Waals surface area contributed by atoms with Gasteiger partial charge in [-0.25, -0.2) is 4.98 Å². The summed E-state index contributed by atoms with van der Waals surface area (Å²) in [6.45, 7) is 2.56. The first-order valence-electron chi connectivity index (χ1n) is 6.44. The van der Waals surface area contributed by atoms with Crippen molar-refractivity contribution in [2.75, 3.05) is 18.4 Å². The number of nitrogens with one attached hydrogen (secondary N) is 1. The number of pyridine rings is 1. The van der Waals surface area contributed by atoms with Crippen LogP contribution in [0.5, 0.6) is 0 Å². The second-order valence-electron chi connectivity index (χ2n) is 5.04. The van der Waals surface area contributed by atoms with Gasteiger partial charge in [0.2, 0.25) is 0 Å². The fourth-order valence-electron chi connectivity index (χ4n) is 3.07. The molecule has 17 heavy (non-hydrogen) atoms. The van der Waals surface area contributed by atoms with Gasteiger partial charge in [0.25, 0.3) is 0 Å². The first kappa shape index (κ1) is 11.5. The smallest absolute Gasteiger partial charge is 0.129 e. The lowest BCUT2D eigenvalue weighted by Crippen LogP contribution is -2.42. The van der Waals surface area contributed by atoms with E-state index in [0.29, 0.717) is 6.04 Å². The number of halogens is 1. The van der Waals surface area contributed by atoms with E-state index in [1.165, 1.54) is 38.8 Å². The molecular weight excluding hydrogens is 278 g/mol. The van der Waals surface area contributed by atoms with Gasteiger partial charge in [-0.3, -0.25) is 0 Å². The molecule has 1 N–H and O–H groups in total. The Morgan fingerprint density at radius 2 is 2.29 bits per heavy atom. The van der Waals surface area contributed by atoms with Crippen LogP contribution in [0.1, 0.15) is 25.7 Å². The molecule has 0 bridgehead atoms. The number of rotatable bonds is 2. The van der Waals surface area contributed by atoms with Gasteiger partial charge >= 0.3 is 0 Å². The Labute approximate surface area is 111 Å². The highest BCUT2D eigenvalue weighted by Crippen LogP contribution is 2.29. The number of aromatic nitrogens is 1. The molecule has 2 unspecified atom stereocenters. The molecule has 0 spiro atoms. The second-order valence-corrected chi connectivity index (χ2v) is 5.79. The van der Waals surface area contributed by atoms with Crippen molar-refractivity contribution in [2.24, 2.45) is 0 Å². The summed E-state index contributed by atoms with van der Waals surface area (Å²) in [4.78, 5) is 6.90. The van der Waals surface area contributed by atoms with Crippen molar-refractivity contribution in [1.29, 1.82) is 0 Å². The summed E-state index contributed by atoms with van der Waals surface area (Å²) >= 11 is 3.50. The highest BCUT2D eigenvalue weighted by molar-refractivity contribution is 9.10. The summed E-state index contributed by atoms with van der Waals surface area (Å²) in [6.07, 6.45) is 7.11. The Hall–Kier alpha value is -0.610. The summed E-state index contributed by atoms with van der Waals surface area (Å²) in [5, 5.41) is 3.63. The number of anilines is 1. The van der Waals surface area contributed by atoms with Gasteiger partial charge in [0.15, 0.2) is 0 Å². The lowest BCUT2D eigenvalue weighted by atomic mass is 9.97. The Balaban J connectivity index is 1.64. The molecule has 0 saturated carbocycles. The molecular formula is C13H18BrN3. The lowest BCUT2D eigenvalue weighted by Gasteiger charge is -2.35. The predicted octanol–water partition coefficient (Wildman–Crippen LogP) is 2.88. The van der Waals surface area contributed by atoms with Gasteiger partial charge in [0.1, 0.15) is 4.60 Å². The van der Waals surface area contributed by atoms with E-state index in [-0.39, 0.29) is 0 Å². The van der Waals surface area contributed by atoms with Crippen LogP contribution in [-0.2, 0) is 0 Å². The number of piperidine rings is 1. The first-order valence-corrected chi connectivity index (χ1v) is 7.23. The maximum absolute atomic E-state index is 4.25. The van der Waals surface area contributed by atoms with Crippen LogP contribution in [-0.4, -0.2) is 35.1 Å². The molecule has 3 rings (SSSR count). The average molecular weight is 296 g/mol. The zero-order valence-corrected chi connectivity index (χ0v) is 11.5. The molecule has 92 valence electrons. The molecule has 2 aliphatic heterocycles. The fourth-order valence-corrected chi connectivity index (χ4v) is 3.43. The van der Waals surface area contributed by atoms with E-state index in [0.717, 1.165) is 16.3 Å². The predicted molar refractivity (Wildman–Crippen MR) is 73.2 cm³/mol. The summed E-state index contributed by atoms with van der Waals surface area (Å²) in [7, 11) is 0. The summed E-state index contributed by atoms with van der Waals surface area (Å²) < 4.78 is 0.925. The van der Waals surface area contributed by atoms with E-state index >= 15 is 0 Å². The van der Waals surface area contributed by atoms with Gasteiger partial charge in [0, 0.05) is 24.8 Å². The molecule has 2 saturated heterocycles. The highest BCUT2D eigenvalue weighted by Gasteiger charge is 2.31. The maximum atomic E-state index is 4.25. The minimum atomic E-state index is 0.606. The van der Waals surface area contributed by atoms with E-state index in [9.17, 15) is 0 Å². The van der Waals surface area contributed by atoms with Crippen molar-refractivity contribution >= 4 is 21.6 Å². The third kappa shape index (κ3) is 2.47. The molecule has 0 amide bonds. The molecule has 2 fully saturated rings. The first-order chi connectivity index (χ1) is 8.33. The topological polar surface area (TPSA) is 28.2 Å². The Morgan fingerprint density at radius 3 is 3.18 bits per heavy atom. The van der Waals surface area contributed by atoms with Crippen molar-refractivity contribution < 1.29 is 0 Å². The van der Waals surface area contributed by atoms with E-state index < -0.39 is 0 Å². The fraction of sp³-hybridized carbons (Fsp3) is 0.615. The van der Waals surface area contributed by atoms with Gasteiger partial charge < -0.3 is 10.2 Å². The SMILES string of the molecule is Brc1ncccc1NC1CCN2CCCC2C1. The Bertz CT molecular complexity index is 396. The van der Waals surface area contributed by atoms with Crippen molar-refractivity contribution in [2.45, 2.75) is 37.8 Å². The van der Waals surface area contributed by atoms with Crippen LogP contribution in [0.15, 0.2) is 22.9 Å². The van der Waals surface area contributed by atoms with Gasteiger partial charge in [-0.2, -0.15) is 0 Å². The summed E-state index contributed by atoms with van der Waals surface area (Å²) in [5.74, 6) is 0. The molecule has 3 heterocycles. The van der Waals surface area contributed by atoms with Crippen molar-refractivity contribution in [3.8, 4) is 0 Å². The van der Waals surface area contributed by atoms with Crippen LogP contribution in [0.25, 0.3) is 0 Å². The Kier molecular flexibility index (Phi) is 3.34. The van der Waals surface area contributed by atoms with Gasteiger partial charge in [-0.05, 0) is 60.3 Å². The molecule has 3 nitrogen and oxygen atoms in total. The number of hydrogen-bond donors (Lipinski definition) is 1. The number of nitrogens with zero attached hydrogens (tertiary/aromatic N) is 2. The van der Waals surface area contributed by atoms with Crippen LogP contribution in [0.3, 0.4) is 0 Å². The van der Waals surface area contributed by atoms with Crippen LogP contribution >= 0.6 is 15.9 Å². The number of fused-ring (bicyclic) bond motifs is 1. The minimum Gasteiger partial charge on any atom is -0.380 e. The normalized spacial score (nSPS) is 29.0. The van der Waals surface area contributed by atoms with Crippen molar-refractivity contribution in [1.82, 2.24) is 9.88 Å². The van der Waals surface area contributed by atoms with Gasteiger partial charge in [-0.1, -0.05) is 0 Å². The molecule has 4 heteroatoms. The Morgan fingerprint density at radius 1 is 1.35 bits per heavy atom. The summed E-state index contributed by atoms with van der Waals surface area (Å²) in [6, 6.07) is 5.50. The second kappa shape index (κ2) is 4.94. The van der Waals surface area contributed by atoms with E-state index in [1.54, 1.807) is 0 Å². The molecule has 1 aromatic rings. The van der Waals surface area contributed by atoms with Crippen LogP contribution < -0.4 is 5.32 Å². The molecule has 2 aliphatic rings. The third-order valence-electron chi connectivity index (χ3n) is 3.94. The molecule has 1 aromatic heterocycles. The molecule has 2 atom stereocenters. The number of hydrogen-bond acceptors (Lipinski definition) is 3. The van der Waals surface area contributed by atoms with Crippen LogP contribution in [0.2, 0.25) is 0 Å². The average Bonchev–Trinajstić information content (AvgIpc) is 2.79. The van der Waals surface area contributed by atoms with Crippen LogP contribution in [0.4, 0.5) is 5.69 Å². The van der Waals surface area contributed by atoms with Crippen molar-refractivity contribution in [3.05, 3.63) is 22.9 Å². The van der Waals surface area contributed by atoms with E-state index in [1.807, 2.05) is 12.3 Å². The lowest BCUT2D eigenvalue weighted by molar-refractivity contribution is 0.188. The molecule has 0 aromatic carbocycles. The third-order valence-corrected chi connectivity index (χ3v) is 4.57. The largest absolute Gasteiger partial charge is 0.380 e. The maximum Gasteiger partial charge on any atom is 0.129 e. The van der Waals surface area contributed by atoms with E-state index in [4.69, 9.17) is 0 Å². The van der Waals surface area contributed by atoms with Gasteiger partial charge in [-0.15, -0.1) is 0 Å². The highest BCUT2D eigenvalue weighted by atomic mass is 79.9. The molecule has 0 aliphatic carbocycles. The molecule has 0 radical (unpaired) electrons.